The summed E-state index contributed by atoms with van der Waals surface area (Å²) < 4.78 is 11.6. The summed E-state index contributed by atoms with van der Waals surface area (Å²) >= 11 is 0. The predicted octanol–water partition coefficient (Wildman–Crippen LogP) is 1.81. The first-order valence-electron chi connectivity index (χ1n) is 11.1. The van der Waals surface area contributed by atoms with Gasteiger partial charge >= 0.3 is 0 Å². The first-order valence-corrected chi connectivity index (χ1v) is 11.1. The lowest BCUT2D eigenvalue weighted by molar-refractivity contribution is -0.188. The summed E-state index contributed by atoms with van der Waals surface area (Å²) in [5.74, 6) is 2.51. The van der Waals surface area contributed by atoms with Gasteiger partial charge in [0.1, 0.15) is 0 Å². The molecule has 6 nitrogen and oxygen atoms in total. The normalized spacial score (nSPS) is 37.0. The zero-order valence-electron chi connectivity index (χ0n) is 17.5. The molecule has 0 radical (unpaired) electrons. The van der Waals surface area contributed by atoms with Gasteiger partial charge in [-0.2, -0.15) is 0 Å². The van der Waals surface area contributed by atoms with Gasteiger partial charge in [0.05, 0.1) is 19.3 Å². The molecule has 3 heterocycles. The van der Waals surface area contributed by atoms with Crippen LogP contribution in [0.4, 0.5) is 0 Å². The Hall–Kier alpha value is -0.850. The van der Waals surface area contributed by atoms with Crippen molar-refractivity contribution in [1.29, 1.82) is 0 Å². The van der Waals surface area contributed by atoms with Crippen molar-refractivity contribution in [3.8, 4) is 0 Å². The molecule has 154 valence electrons. The molecule has 3 aliphatic heterocycles. The number of morpholine rings is 1. The van der Waals surface area contributed by atoms with Crippen LogP contribution in [0, 0.1) is 17.3 Å². The van der Waals surface area contributed by atoms with Gasteiger partial charge in [0.15, 0.2) is 5.96 Å². The van der Waals surface area contributed by atoms with E-state index < -0.39 is 0 Å². The number of ether oxygens (including phenoxy) is 2. The molecule has 27 heavy (non-hydrogen) atoms. The van der Waals surface area contributed by atoms with E-state index in [1.54, 1.807) is 0 Å². The molecule has 4 atom stereocenters. The third-order valence-corrected chi connectivity index (χ3v) is 7.13. The van der Waals surface area contributed by atoms with E-state index >= 15 is 0 Å². The molecule has 1 N–H and O–H groups in total. The number of nitrogens with zero attached hydrogens (tertiary/aromatic N) is 3. The number of rotatable bonds is 4. The minimum Gasteiger partial charge on any atom is -0.379 e. The molecule has 4 fully saturated rings. The van der Waals surface area contributed by atoms with E-state index in [0.29, 0.717) is 18.1 Å². The summed E-state index contributed by atoms with van der Waals surface area (Å²) in [5.41, 5.74) is 0.187. The van der Waals surface area contributed by atoms with Gasteiger partial charge < -0.3 is 19.7 Å². The van der Waals surface area contributed by atoms with E-state index in [-0.39, 0.29) is 5.41 Å². The fourth-order valence-corrected chi connectivity index (χ4v) is 5.66. The van der Waals surface area contributed by atoms with Crippen molar-refractivity contribution < 1.29 is 9.47 Å². The van der Waals surface area contributed by atoms with Crippen molar-refractivity contribution in [2.24, 2.45) is 22.2 Å². The molecular weight excluding hydrogens is 340 g/mol. The SMILES string of the molecule is CCN=C(NC1C2CCCOC2C1(C)C)N1CCC(CN2CCOCC2)C1. The van der Waals surface area contributed by atoms with Gasteiger partial charge in [0, 0.05) is 63.3 Å². The minimum atomic E-state index is 0.187. The van der Waals surface area contributed by atoms with Gasteiger partial charge in [-0.25, -0.2) is 0 Å². The van der Waals surface area contributed by atoms with E-state index in [1.165, 1.54) is 25.8 Å². The average Bonchev–Trinajstić information content (AvgIpc) is 3.14. The fraction of sp³-hybridized carbons (Fsp3) is 0.952. The van der Waals surface area contributed by atoms with Gasteiger partial charge in [-0.1, -0.05) is 13.8 Å². The molecule has 0 amide bonds. The summed E-state index contributed by atoms with van der Waals surface area (Å²) in [4.78, 5) is 9.94. The fourth-order valence-electron chi connectivity index (χ4n) is 5.66. The lowest BCUT2D eigenvalue weighted by atomic mass is 9.55. The standard InChI is InChI=1S/C21H38N4O2/c1-4-22-20(23-18-17-6-5-11-27-19(17)21(18,2)3)25-8-7-16(15-25)14-24-9-12-26-13-10-24/h16-19H,4-15H2,1-3H3,(H,22,23). The maximum atomic E-state index is 6.08. The third-order valence-electron chi connectivity index (χ3n) is 7.13. The Morgan fingerprint density at radius 2 is 1.96 bits per heavy atom. The van der Waals surface area contributed by atoms with Crippen LogP contribution in [0.15, 0.2) is 4.99 Å². The summed E-state index contributed by atoms with van der Waals surface area (Å²) in [6.45, 7) is 16.0. The molecule has 0 spiro atoms. The predicted molar refractivity (Wildman–Crippen MR) is 108 cm³/mol. The maximum absolute atomic E-state index is 6.08. The second-order valence-corrected chi connectivity index (χ2v) is 9.35. The number of aliphatic imine (C=N–C) groups is 1. The molecule has 0 aromatic heterocycles. The van der Waals surface area contributed by atoms with E-state index in [2.05, 4.69) is 35.9 Å². The topological polar surface area (TPSA) is 49.3 Å². The second kappa shape index (κ2) is 8.26. The van der Waals surface area contributed by atoms with Crippen LogP contribution in [0.1, 0.15) is 40.0 Å². The molecule has 3 saturated heterocycles. The molecule has 4 unspecified atom stereocenters. The number of nitrogens with one attached hydrogen (secondary N) is 1. The van der Waals surface area contributed by atoms with Crippen LogP contribution in [0.2, 0.25) is 0 Å². The van der Waals surface area contributed by atoms with Crippen LogP contribution < -0.4 is 5.32 Å². The van der Waals surface area contributed by atoms with E-state index in [9.17, 15) is 0 Å². The highest BCUT2D eigenvalue weighted by Gasteiger charge is 2.58. The van der Waals surface area contributed by atoms with Crippen LogP contribution in [-0.2, 0) is 9.47 Å². The van der Waals surface area contributed by atoms with Gasteiger partial charge in [0.25, 0.3) is 0 Å². The summed E-state index contributed by atoms with van der Waals surface area (Å²) in [7, 11) is 0. The van der Waals surface area contributed by atoms with Crippen LogP contribution >= 0.6 is 0 Å². The highest BCUT2D eigenvalue weighted by Crippen LogP contribution is 2.51. The van der Waals surface area contributed by atoms with E-state index in [1.807, 2.05) is 0 Å². The van der Waals surface area contributed by atoms with Crippen LogP contribution in [0.25, 0.3) is 0 Å². The Balaban J connectivity index is 1.35. The molecule has 4 aliphatic rings. The van der Waals surface area contributed by atoms with Gasteiger partial charge in [-0.3, -0.25) is 9.89 Å². The highest BCUT2D eigenvalue weighted by atomic mass is 16.5. The van der Waals surface area contributed by atoms with Crippen molar-refractivity contribution in [2.75, 3.05) is 59.1 Å². The number of fused-ring (bicyclic) bond motifs is 1. The lowest BCUT2D eigenvalue weighted by Crippen LogP contribution is -2.71. The van der Waals surface area contributed by atoms with Crippen molar-refractivity contribution >= 4 is 5.96 Å². The smallest absolute Gasteiger partial charge is 0.194 e. The zero-order valence-corrected chi connectivity index (χ0v) is 17.5. The number of hydrogen-bond donors (Lipinski definition) is 1. The Morgan fingerprint density at radius 3 is 2.74 bits per heavy atom. The Morgan fingerprint density at radius 1 is 1.15 bits per heavy atom. The molecule has 4 rings (SSSR count). The first kappa shape index (κ1) is 19.5. The molecule has 0 aromatic carbocycles. The summed E-state index contributed by atoms with van der Waals surface area (Å²) in [5, 5.41) is 3.87. The Labute approximate surface area is 164 Å². The van der Waals surface area contributed by atoms with Gasteiger partial charge in [-0.05, 0) is 32.1 Å². The molecule has 1 aliphatic carbocycles. The Bertz CT molecular complexity index is 532. The number of guanidine groups is 1. The second-order valence-electron chi connectivity index (χ2n) is 9.35. The Kier molecular flexibility index (Phi) is 5.95. The van der Waals surface area contributed by atoms with Crippen molar-refractivity contribution in [1.82, 2.24) is 15.1 Å². The monoisotopic (exact) mass is 378 g/mol. The first-order chi connectivity index (χ1) is 13.1. The van der Waals surface area contributed by atoms with Gasteiger partial charge in [0.2, 0.25) is 0 Å². The maximum Gasteiger partial charge on any atom is 0.194 e. The highest BCUT2D eigenvalue weighted by molar-refractivity contribution is 5.81. The molecular formula is C21H38N4O2. The molecule has 0 aromatic rings. The number of likely N-dealkylation sites (tertiary alicyclic amines) is 1. The van der Waals surface area contributed by atoms with Crippen molar-refractivity contribution in [3.05, 3.63) is 0 Å². The molecule has 1 saturated carbocycles. The summed E-state index contributed by atoms with van der Waals surface area (Å²) in [6.07, 6.45) is 4.16. The lowest BCUT2D eigenvalue weighted by Gasteiger charge is -2.60. The minimum absolute atomic E-state index is 0.187. The average molecular weight is 379 g/mol. The van der Waals surface area contributed by atoms with E-state index in [0.717, 1.165) is 64.4 Å². The van der Waals surface area contributed by atoms with E-state index in [4.69, 9.17) is 14.5 Å². The number of hydrogen-bond acceptors (Lipinski definition) is 4. The van der Waals surface area contributed by atoms with Gasteiger partial charge in [-0.15, -0.1) is 0 Å². The van der Waals surface area contributed by atoms with Crippen LogP contribution in [0.5, 0.6) is 0 Å². The van der Waals surface area contributed by atoms with Crippen LogP contribution in [0.3, 0.4) is 0 Å². The largest absolute Gasteiger partial charge is 0.379 e. The van der Waals surface area contributed by atoms with Crippen molar-refractivity contribution in [3.63, 3.8) is 0 Å². The van der Waals surface area contributed by atoms with Crippen LogP contribution in [-0.4, -0.2) is 87.0 Å². The van der Waals surface area contributed by atoms with Crippen molar-refractivity contribution in [2.45, 2.75) is 52.2 Å². The molecule has 6 heteroatoms. The third kappa shape index (κ3) is 3.99. The summed E-state index contributed by atoms with van der Waals surface area (Å²) in [6, 6.07) is 0.478. The molecule has 0 bridgehead atoms. The quantitative estimate of drug-likeness (QED) is 0.597. The zero-order chi connectivity index (χ0) is 18.9.